The molecule has 0 aromatic carbocycles. The summed E-state index contributed by atoms with van der Waals surface area (Å²) >= 11 is 0. The Morgan fingerprint density at radius 2 is 1.62 bits per heavy atom. The first-order chi connectivity index (χ1) is 12.5. The van der Waals surface area contributed by atoms with Gasteiger partial charge in [-0.1, -0.05) is 26.7 Å². The summed E-state index contributed by atoms with van der Waals surface area (Å²) in [5.41, 5.74) is 0. The lowest BCUT2D eigenvalue weighted by Gasteiger charge is -2.36. The van der Waals surface area contributed by atoms with Crippen LogP contribution < -0.4 is 10.6 Å². The molecule has 0 radical (unpaired) electrons. The van der Waals surface area contributed by atoms with Gasteiger partial charge in [-0.3, -0.25) is 19.4 Å². The van der Waals surface area contributed by atoms with Gasteiger partial charge in [-0.15, -0.1) is 0 Å². The van der Waals surface area contributed by atoms with Crippen molar-refractivity contribution in [3.8, 4) is 0 Å². The van der Waals surface area contributed by atoms with E-state index in [0.717, 1.165) is 32.6 Å². The zero-order chi connectivity index (χ0) is 18.9. The minimum absolute atomic E-state index is 0.0358. The molecule has 1 saturated carbocycles. The molecule has 150 valence electrons. The average molecular weight is 369 g/mol. The monoisotopic (exact) mass is 368 g/mol. The van der Waals surface area contributed by atoms with Crippen molar-refractivity contribution < 1.29 is 14.3 Å². The molecule has 1 heterocycles. The predicted octanol–water partition coefficient (Wildman–Crippen LogP) is 0.308. The van der Waals surface area contributed by atoms with Crippen molar-refractivity contribution in [2.24, 2.45) is 11.8 Å². The maximum atomic E-state index is 12.4. The van der Waals surface area contributed by atoms with E-state index in [4.69, 9.17) is 4.74 Å². The summed E-state index contributed by atoms with van der Waals surface area (Å²) in [6.45, 7) is 9.81. The standard InChI is InChI=1S/C19H36N4O3/c1-15-5-4-6-17(16(15)2)21-19(25)14-23-10-8-22(9-11-23)13-18(24)20-7-12-26-3/h15-17H,4-14H2,1-3H3,(H,20,24)(H,21,25). The van der Waals surface area contributed by atoms with Crippen LogP contribution in [0.4, 0.5) is 0 Å². The Morgan fingerprint density at radius 3 is 2.23 bits per heavy atom. The third-order valence-electron chi connectivity index (χ3n) is 5.88. The van der Waals surface area contributed by atoms with Crippen molar-refractivity contribution in [1.82, 2.24) is 20.4 Å². The van der Waals surface area contributed by atoms with E-state index in [0.29, 0.717) is 44.1 Å². The number of ether oxygens (including phenoxy) is 1. The molecule has 7 nitrogen and oxygen atoms in total. The molecule has 1 saturated heterocycles. The molecule has 2 amide bonds. The maximum absolute atomic E-state index is 12.4. The topological polar surface area (TPSA) is 73.9 Å². The van der Waals surface area contributed by atoms with Gasteiger partial charge in [0.15, 0.2) is 0 Å². The van der Waals surface area contributed by atoms with Crippen LogP contribution in [0.25, 0.3) is 0 Å². The lowest BCUT2D eigenvalue weighted by Crippen LogP contribution is -2.53. The van der Waals surface area contributed by atoms with Gasteiger partial charge in [0, 0.05) is 45.9 Å². The van der Waals surface area contributed by atoms with Crippen LogP contribution in [0, 0.1) is 11.8 Å². The number of amides is 2. The molecule has 0 aromatic heterocycles. The summed E-state index contributed by atoms with van der Waals surface area (Å²) in [6, 6.07) is 0.323. The smallest absolute Gasteiger partial charge is 0.234 e. The maximum Gasteiger partial charge on any atom is 0.234 e. The van der Waals surface area contributed by atoms with E-state index in [9.17, 15) is 9.59 Å². The number of carbonyl (C=O) groups is 2. The fraction of sp³-hybridized carbons (Fsp3) is 0.895. The quantitative estimate of drug-likeness (QED) is 0.603. The average Bonchev–Trinajstić information content (AvgIpc) is 2.61. The minimum atomic E-state index is 0.0358. The molecule has 2 aliphatic rings. The molecule has 3 atom stereocenters. The van der Waals surface area contributed by atoms with Crippen LogP contribution in [-0.2, 0) is 14.3 Å². The van der Waals surface area contributed by atoms with Crippen LogP contribution in [-0.4, -0.2) is 87.2 Å². The van der Waals surface area contributed by atoms with Gasteiger partial charge in [0.2, 0.25) is 11.8 Å². The number of piperazine rings is 1. The highest BCUT2D eigenvalue weighted by atomic mass is 16.5. The van der Waals surface area contributed by atoms with Crippen LogP contribution in [0.1, 0.15) is 33.1 Å². The second-order valence-corrected chi connectivity index (χ2v) is 7.84. The lowest BCUT2D eigenvalue weighted by atomic mass is 9.78. The minimum Gasteiger partial charge on any atom is -0.383 e. The molecule has 1 aliphatic carbocycles. The van der Waals surface area contributed by atoms with Crippen LogP contribution in [0.15, 0.2) is 0 Å². The largest absolute Gasteiger partial charge is 0.383 e. The molecule has 7 heteroatoms. The molecular formula is C19H36N4O3. The fourth-order valence-electron chi connectivity index (χ4n) is 3.90. The van der Waals surface area contributed by atoms with E-state index < -0.39 is 0 Å². The normalized spacial score (nSPS) is 27.9. The van der Waals surface area contributed by atoms with Gasteiger partial charge in [-0.05, 0) is 18.3 Å². The Kier molecular flexibility index (Phi) is 8.81. The third-order valence-corrected chi connectivity index (χ3v) is 5.88. The van der Waals surface area contributed by atoms with E-state index in [1.54, 1.807) is 7.11 Å². The van der Waals surface area contributed by atoms with Crippen molar-refractivity contribution in [2.45, 2.75) is 39.2 Å². The Labute approximate surface area is 157 Å². The fourth-order valence-corrected chi connectivity index (χ4v) is 3.90. The van der Waals surface area contributed by atoms with E-state index in [1.807, 2.05) is 0 Å². The second-order valence-electron chi connectivity index (χ2n) is 7.84. The van der Waals surface area contributed by atoms with E-state index in [-0.39, 0.29) is 11.8 Å². The van der Waals surface area contributed by atoms with Gasteiger partial charge in [0.1, 0.15) is 0 Å². The van der Waals surface area contributed by atoms with Gasteiger partial charge in [0.05, 0.1) is 19.7 Å². The van der Waals surface area contributed by atoms with Gasteiger partial charge in [-0.2, -0.15) is 0 Å². The molecule has 0 spiro atoms. The third kappa shape index (κ3) is 6.85. The highest BCUT2D eigenvalue weighted by molar-refractivity contribution is 5.78. The first-order valence-corrected chi connectivity index (χ1v) is 9.99. The first-order valence-electron chi connectivity index (χ1n) is 9.99. The number of hydrogen-bond donors (Lipinski definition) is 2. The summed E-state index contributed by atoms with van der Waals surface area (Å²) in [5, 5.41) is 6.09. The predicted molar refractivity (Wildman–Crippen MR) is 102 cm³/mol. The van der Waals surface area contributed by atoms with Crippen LogP contribution in [0.3, 0.4) is 0 Å². The number of nitrogens with one attached hydrogen (secondary N) is 2. The van der Waals surface area contributed by atoms with Crippen LogP contribution in [0.2, 0.25) is 0 Å². The van der Waals surface area contributed by atoms with Crippen molar-refractivity contribution in [3.05, 3.63) is 0 Å². The summed E-state index contributed by atoms with van der Waals surface area (Å²) in [4.78, 5) is 28.6. The van der Waals surface area contributed by atoms with Gasteiger partial charge in [-0.25, -0.2) is 0 Å². The molecule has 0 bridgehead atoms. The summed E-state index contributed by atoms with van der Waals surface area (Å²) in [5.74, 6) is 1.42. The lowest BCUT2D eigenvalue weighted by molar-refractivity contribution is -0.125. The van der Waals surface area contributed by atoms with Crippen molar-refractivity contribution in [2.75, 3.05) is 59.5 Å². The second kappa shape index (κ2) is 10.8. The van der Waals surface area contributed by atoms with Crippen LogP contribution in [0.5, 0.6) is 0 Å². The molecule has 1 aliphatic heterocycles. The van der Waals surface area contributed by atoms with Gasteiger partial charge >= 0.3 is 0 Å². The summed E-state index contributed by atoms with van der Waals surface area (Å²) in [7, 11) is 1.62. The van der Waals surface area contributed by atoms with Crippen molar-refractivity contribution in [3.63, 3.8) is 0 Å². The number of methoxy groups -OCH3 is 1. The van der Waals surface area contributed by atoms with E-state index in [1.165, 1.54) is 12.8 Å². The Balaban J connectivity index is 1.63. The molecule has 3 unspecified atom stereocenters. The Bertz CT molecular complexity index is 452. The molecule has 2 rings (SSSR count). The molecule has 0 aromatic rings. The summed E-state index contributed by atoms with van der Waals surface area (Å²) in [6.07, 6.45) is 3.58. The van der Waals surface area contributed by atoms with Crippen molar-refractivity contribution in [1.29, 1.82) is 0 Å². The molecule has 2 fully saturated rings. The molecular weight excluding hydrogens is 332 g/mol. The first kappa shape index (κ1) is 21.1. The van der Waals surface area contributed by atoms with Crippen LogP contribution >= 0.6 is 0 Å². The van der Waals surface area contributed by atoms with E-state index in [2.05, 4.69) is 34.3 Å². The number of carbonyl (C=O) groups excluding carboxylic acids is 2. The highest BCUT2D eigenvalue weighted by Gasteiger charge is 2.29. The summed E-state index contributed by atoms with van der Waals surface area (Å²) < 4.78 is 4.93. The van der Waals surface area contributed by atoms with Gasteiger partial charge < -0.3 is 15.4 Å². The molecule has 26 heavy (non-hydrogen) atoms. The number of hydrogen-bond acceptors (Lipinski definition) is 5. The number of rotatable bonds is 8. The Morgan fingerprint density at radius 1 is 1.00 bits per heavy atom. The SMILES string of the molecule is COCCNC(=O)CN1CCN(CC(=O)NC2CCCC(C)C2C)CC1. The van der Waals surface area contributed by atoms with E-state index >= 15 is 0 Å². The van der Waals surface area contributed by atoms with Gasteiger partial charge in [0.25, 0.3) is 0 Å². The number of nitrogens with zero attached hydrogens (tertiary/aromatic N) is 2. The zero-order valence-corrected chi connectivity index (χ0v) is 16.6. The molecule has 2 N–H and O–H groups in total. The zero-order valence-electron chi connectivity index (χ0n) is 16.6. The van der Waals surface area contributed by atoms with Crippen molar-refractivity contribution >= 4 is 11.8 Å². The Hall–Kier alpha value is -1.18. The highest BCUT2D eigenvalue weighted by Crippen LogP contribution is 2.29.